The molecule has 0 aliphatic carbocycles. The number of hydrogen-bond acceptors (Lipinski definition) is 3. The van der Waals surface area contributed by atoms with Crippen molar-refractivity contribution < 1.29 is 4.74 Å². The number of rotatable bonds is 3. The van der Waals surface area contributed by atoms with E-state index in [1.54, 1.807) is 12.3 Å². The van der Waals surface area contributed by atoms with Crippen molar-refractivity contribution in [3.63, 3.8) is 0 Å². The molecule has 2 N–H and O–H groups in total. The summed E-state index contributed by atoms with van der Waals surface area (Å²) in [4.78, 5) is 4.03. The van der Waals surface area contributed by atoms with Gasteiger partial charge < -0.3 is 10.5 Å². The molecule has 1 aromatic heterocycles. The number of aryl methyl sites for hydroxylation is 2. The third-order valence-corrected chi connectivity index (χ3v) is 3.91. The van der Waals surface area contributed by atoms with Gasteiger partial charge in [0.15, 0.2) is 0 Å². The molecule has 0 aliphatic rings. The molecule has 4 heteroatoms. The molecule has 0 saturated heterocycles. The molecule has 0 atom stereocenters. The minimum atomic E-state index is 0.494. The highest BCUT2D eigenvalue weighted by Gasteiger charge is 2.03. The molecule has 94 valence electrons. The number of hydrogen-bond donors (Lipinski definition) is 1. The second kappa shape index (κ2) is 5.40. The Labute approximate surface area is 115 Å². The number of ether oxygens (including phenoxy) is 1. The minimum Gasteiger partial charge on any atom is -0.489 e. The Bertz CT molecular complexity index is 529. The maximum atomic E-state index is 5.75. The number of nitrogens with zero attached hydrogens (tertiary/aromatic N) is 1. The SMILES string of the molecule is Cc1cc(OCc2ccc(N)nc2)cc(C)c1Br. The van der Waals surface area contributed by atoms with Gasteiger partial charge in [-0.05, 0) is 43.2 Å². The Kier molecular flexibility index (Phi) is 3.87. The average molecular weight is 307 g/mol. The van der Waals surface area contributed by atoms with E-state index in [4.69, 9.17) is 10.5 Å². The van der Waals surface area contributed by atoms with Crippen LogP contribution in [0.2, 0.25) is 0 Å². The van der Waals surface area contributed by atoms with Gasteiger partial charge in [0, 0.05) is 16.2 Å². The van der Waals surface area contributed by atoms with Gasteiger partial charge in [0.25, 0.3) is 0 Å². The van der Waals surface area contributed by atoms with Crippen LogP contribution in [-0.4, -0.2) is 4.98 Å². The Morgan fingerprint density at radius 1 is 1.22 bits per heavy atom. The quantitative estimate of drug-likeness (QED) is 0.942. The van der Waals surface area contributed by atoms with Gasteiger partial charge in [-0.15, -0.1) is 0 Å². The lowest BCUT2D eigenvalue weighted by Crippen LogP contribution is -1.98. The number of pyridine rings is 1. The lowest BCUT2D eigenvalue weighted by atomic mass is 10.1. The minimum absolute atomic E-state index is 0.494. The first-order valence-corrected chi connectivity index (χ1v) is 6.45. The lowest BCUT2D eigenvalue weighted by molar-refractivity contribution is 0.305. The molecule has 0 unspecified atom stereocenters. The third-order valence-electron chi connectivity index (χ3n) is 2.66. The predicted octanol–water partition coefficient (Wildman–Crippen LogP) is 3.62. The molecule has 0 amide bonds. The maximum Gasteiger partial charge on any atom is 0.123 e. The summed E-state index contributed by atoms with van der Waals surface area (Å²) >= 11 is 3.54. The highest BCUT2D eigenvalue weighted by molar-refractivity contribution is 9.10. The first-order valence-electron chi connectivity index (χ1n) is 5.66. The normalized spacial score (nSPS) is 10.4. The van der Waals surface area contributed by atoms with Crippen molar-refractivity contribution in [1.29, 1.82) is 0 Å². The fourth-order valence-corrected chi connectivity index (χ4v) is 1.91. The fraction of sp³-hybridized carbons (Fsp3) is 0.214. The predicted molar refractivity (Wildman–Crippen MR) is 76.6 cm³/mol. The highest BCUT2D eigenvalue weighted by Crippen LogP contribution is 2.26. The molecule has 2 rings (SSSR count). The van der Waals surface area contributed by atoms with Crippen LogP contribution in [0.1, 0.15) is 16.7 Å². The summed E-state index contributed by atoms with van der Waals surface area (Å²) in [7, 11) is 0. The average Bonchev–Trinajstić information content (AvgIpc) is 2.35. The second-order valence-electron chi connectivity index (χ2n) is 4.25. The van der Waals surface area contributed by atoms with Crippen LogP contribution in [0.4, 0.5) is 5.82 Å². The van der Waals surface area contributed by atoms with Gasteiger partial charge in [-0.1, -0.05) is 22.0 Å². The number of anilines is 1. The molecule has 0 spiro atoms. The molecule has 1 aromatic carbocycles. The molecule has 0 bridgehead atoms. The molecule has 0 aliphatic heterocycles. The zero-order valence-corrected chi connectivity index (χ0v) is 12.0. The largest absolute Gasteiger partial charge is 0.489 e. The number of nitrogens with two attached hydrogens (primary N) is 1. The zero-order valence-electron chi connectivity index (χ0n) is 10.4. The van der Waals surface area contributed by atoms with Crippen molar-refractivity contribution in [2.24, 2.45) is 0 Å². The van der Waals surface area contributed by atoms with E-state index in [1.165, 1.54) is 11.1 Å². The van der Waals surface area contributed by atoms with Gasteiger partial charge in [0.05, 0.1) is 0 Å². The van der Waals surface area contributed by atoms with Crippen molar-refractivity contribution in [1.82, 2.24) is 4.98 Å². The molecule has 0 saturated carbocycles. The topological polar surface area (TPSA) is 48.1 Å². The monoisotopic (exact) mass is 306 g/mol. The van der Waals surface area contributed by atoms with Gasteiger partial charge in [-0.2, -0.15) is 0 Å². The molecule has 3 nitrogen and oxygen atoms in total. The van der Waals surface area contributed by atoms with E-state index in [0.29, 0.717) is 12.4 Å². The van der Waals surface area contributed by atoms with Crippen LogP contribution in [0.3, 0.4) is 0 Å². The number of aromatic nitrogens is 1. The van der Waals surface area contributed by atoms with Crippen LogP contribution in [0.15, 0.2) is 34.9 Å². The fourth-order valence-electron chi connectivity index (χ4n) is 1.68. The van der Waals surface area contributed by atoms with Crippen molar-refractivity contribution in [2.45, 2.75) is 20.5 Å². The molecule has 0 radical (unpaired) electrons. The molecule has 2 aromatic rings. The lowest BCUT2D eigenvalue weighted by Gasteiger charge is -2.10. The summed E-state index contributed by atoms with van der Waals surface area (Å²) < 4.78 is 6.88. The number of benzene rings is 1. The zero-order chi connectivity index (χ0) is 13.1. The molecule has 1 heterocycles. The smallest absolute Gasteiger partial charge is 0.123 e. The molecule has 0 fully saturated rings. The first-order chi connectivity index (χ1) is 8.56. The van der Waals surface area contributed by atoms with Gasteiger partial charge in [-0.3, -0.25) is 0 Å². The van der Waals surface area contributed by atoms with E-state index in [0.717, 1.165) is 15.8 Å². The van der Waals surface area contributed by atoms with Gasteiger partial charge >= 0.3 is 0 Å². The molecular formula is C14H15BrN2O. The Balaban J connectivity index is 2.08. The summed E-state index contributed by atoms with van der Waals surface area (Å²) in [5, 5.41) is 0. The number of nitrogen functional groups attached to an aromatic ring is 1. The summed E-state index contributed by atoms with van der Waals surface area (Å²) in [5.74, 6) is 1.39. The van der Waals surface area contributed by atoms with Gasteiger partial charge in [0.1, 0.15) is 18.2 Å². The highest BCUT2D eigenvalue weighted by atomic mass is 79.9. The number of halogens is 1. The summed E-state index contributed by atoms with van der Waals surface area (Å²) in [6.07, 6.45) is 1.73. The van der Waals surface area contributed by atoms with Crippen LogP contribution in [-0.2, 0) is 6.61 Å². The van der Waals surface area contributed by atoms with E-state index in [2.05, 4.69) is 34.8 Å². The third kappa shape index (κ3) is 3.01. The maximum absolute atomic E-state index is 5.75. The Morgan fingerprint density at radius 2 is 1.89 bits per heavy atom. The van der Waals surface area contributed by atoms with Crippen LogP contribution >= 0.6 is 15.9 Å². The van der Waals surface area contributed by atoms with Crippen molar-refractivity contribution in [3.8, 4) is 5.75 Å². The Morgan fingerprint density at radius 3 is 2.44 bits per heavy atom. The first kappa shape index (κ1) is 12.9. The Hall–Kier alpha value is -1.55. The van der Waals surface area contributed by atoms with Crippen molar-refractivity contribution in [2.75, 3.05) is 5.73 Å². The van der Waals surface area contributed by atoms with Gasteiger partial charge in [-0.25, -0.2) is 4.98 Å². The standard InChI is InChI=1S/C14H15BrN2O/c1-9-5-12(6-10(2)14(9)15)18-8-11-3-4-13(16)17-7-11/h3-7H,8H2,1-2H3,(H2,16,17). The van der Waals surface area contributed by atoms with Crippen LogP contribution in [0, 0.1) is 13.8 Å². The van der Waals surface area contributed by atoms with Crippen molar-refractivity contribution in [3.05, 3.63) is 51.6 Å². The summed E-state index contributed by atoms with van der Waals surface area (Å²) in [6, 6.07) is 7.72. The van der Waals surface area contributed by atoms with Crippen LogP contribution < -0.4 is 10.5 Å². The van der Waals surface area contributed by atoms with E-state index in [1.807, 2.05) is 18.2 Å². The van der Waals surface area contributed by atoms with E-state index in [9.17, 15) is 0 Å². The summed E-state index contributed by atoms with van der Waals surface area (Å²) in [6.45, 7) is 4.59. The van der Waals surface area contributed by atoms with Crippen LogP contribution in [0.5, 0.6) is 5.75 Å². The summed E-state index contributed by atoms with van der Waals surface area (Å²) in [5.41, 5.74) is 8.87. The van der Waals surface area contributed by atoms with Crippen LogP contribution in [0.25, 0.3) is 0 Å². The van der Waals surface area contributed by atoms with E-state index in [-0.39, 0.29) is 0 Å². The van der Waals surface area contributed by atoms with Gasteiger partial charge in [0.2, 0.25) is 0 Å². The van der Waals surface area contributed by atoms with E-state index >= 15 is 0 Å². The van der Waals surface area contributed by atoms with Crippen molar-refractivity contribution >= 4 is 21.7 Å². The second-order valence-corrected chi connectivity index (χ2v) is 5.04. The van der Waals surface area contributed by atoms with E-state index < -0.39 is 0 Å². The molecular weight excluding hydrogens is 292 g/mol. The molecule has 18 heavy (non-hydrogen) atoms.